The Morgan fingerprint density at radius 2 is 1.70 bits per heavy atom. The normalized spacial score (nSPS) is 8.50. The molecule has 3 N–H and O–H groups in total. The van der Waals surface area contributed by atoms with E-state index >= 15 is 0 Å². The molecule has 4 nitrogen and oxygen atoms in total. The van der Waals surface area contributed by atoms with Crippen molar-refractivity contribution in [3.63, 3.8) is 0 Å². The first kappa shape index (κ1) is 12.2. The summed E-state index contributed by atoms with van der Waals surface area (Å²) in [5.41, 5.74) is 0. The third-order valence-electron chi connectivity index (χ3n) is 0.588. The second-order valence-electron chi connectivity index (χ2n) is 1.59. The van der Waals surface area contributed by atoms with Crippen LogP contribution in [0.25, 0.3) is 0 Å². The van der Waals surface area contributed by atoms with E-state index in [0.29, 0.717) is 6.42 Å². The number of aliphatic hydroxyl groups excluding tert-OH is 3. The van der Waals surface area contributed by atoms with E-state index in [1.54, 1.807) is 0 Å². The van der Waals surface area contributed by atoms with Gasteiger partial charge in [0.25, 0.3) is 0 Å². The molecule has 0 saturated carbocycles. The molecule has 0 fully saturated rings. The van der Waals surface area contributed by atoms with Crippen LogP contribution >= 0.6 is 0 Å². The molecule has 0 aliphatic carbocycles. The number of rotatable bonds is 3. The summed E-state index contributed by atoms with van der Waals surface area (Å²) in [6.45, 7) is 1.08. The van der Waals surface area contributed by atoms with Crippen LogP contribution in [0.1, 0.15) is 13.3 Å². The monoisotopic (exact) mass is 150 g/mol. The van der Waals surface area contributed by atoms with E-state index in [-0.39, 0.29) is 13.2 Å². The van der Waals surface area contributed by atoms with Gasteiger partial charge >= 0.3 is 0 Å². The SMILES string of the molecule is CCC=O.OCC(O)CO. The minimum absolute atomic E-state index is 0.365. The van der Waals surface area contributed by atoms with Crippen LogP contribution in [0.4, 0.5) is 0 Å². The minimum Gasteiger partial charge on any atom is -0.394 e. The van der Waals surface area contributed by atoms with Crippen molar-refractivity contribution in [3.05, 3.63) is 0 Å². The lowest BCUT2D eigenvalue weighted by Gasteiger charge is -1.96. The summed E-state index contributed by atoms with van der Waals surface area (Å²) < 4.78 is 0. The first-order valence-corrected chi connectivity index (χ1v) is 3.06. The van der Waals surface area contributed by atoms with E-state index < -0.39 is 6.10 Å². The largest absolute Gasteiger partial charge is 0.394 e. The molecule has 0 aromatic rings. The first-order chi connectivity index (χ1) is 4.72. The van der Waals surface area contributed by atoms with E-state index in [0.717, 1.165) is 6.29 Å². The van der Waals surface area contributed by atoms with Crippen molar-refractivity contribution in [1.82, 2.24) is 0 Å². The van der Waals surface area contributed by atoms with Gasteiger partial charge in [-0.3, -0.25) is 0 Å². The van der Waals surface area contributed by atoms with Crippen LogP contribution in [0.5, 0.6) is 0 Å². The van der Waals surface area contributed by atoms with Gasteiger partial charge in [-0.05, 0) is 0 Å². The van der Waals surface area contributed by atoms with Gasteiger partial charge in [-0.1, -0.05) is 6.92 Å². The van der Waals surface area contributed by atoms with Crippen molar-refractivity contribution < 1.29 is 20.1 Å². The van der Waals surface area contributed by atoms with Crippen LogP contribution in [0.2, 0.25) is 0 Å². The van der Waals surface area contributed by atoms with Crippen LogP contribution in [0.15, 0.2) is 0 Å². The fourth-order valence-electron chi connectivity index (χ4n) is 0.0577. The summed E-state index contributed by atoms with van der Waals surface area (Å²) in [5.74, 6) is 0. The molecule has 62 valence electrons. The average Bonchev–Trinajstić information content (AvgIpc) is 2.03. The summed E-state index contributed by atoms with van der Waals surface area (Å²) in [7, 11) is 0. The van der Waals surface area contributed by atoms with Gasteiger partial charge < -0.3 is 20.1 Å². The third-order valence-corrected chi connectivity index (χ3v) is 0.588. The van der Waals surface area contributed by atoms with E-state index in [1.165, 1.54) is 0 Å². The van der Waals surface area contributed by atoms with Gasteiger partial charge in [0.1, 0.15) is 12.4 Å². The Hall–Kier alpha value is -0.450. The smallest absolute Gasteiger partial charge is 0.119 e. The number of carbonyl (C=O) groups is 1. The summed E-state index contributed by atoms with van der Waals surface area (Å²) >= 11 is 0. The zero-order valence-electron chi connectivity index (χ0n) is 6.03. The van der Waals surface area contributed by atoms with Gasteiger partial charge in [0.2, 0.25) is 0 Å². The fraction of sp³-hybridized carbons (Fsp3) is 0.833. The maximum absolute atomic E-state index is 9.17. The van der Waals surface area contributed by atoms with Crippen LogP contribution in [0, 0.1) is 0 Å². The highest BCUT2D eigenvalue weighted by Crippen LogP contribution is 1.71. The molecule has 0 radical (unpaired) electrons. The lowest BCUT2D eigenvalue weighted by atomic mass is 10.4. The highest BCUT2D eigenvalue weighted by molar-refractivity contribution is 5.48. The molecule has 0 bridgehead atoms. The Labute approximate surface area is 60.1 Å². The van der Waals surface area contributed by atoms with Crippen molar-refractivity contribution in [2.24, 2.45) is 0 Å². The maximum atomic E-state index is 9.17. The van der Waals surface area contributed by atoms with E-state index in [4.69, 9.17) is 15.3 Å². The van der Waals surface area contributed by atoms with Gasteiger partial charge in [0.05, 0.1) is 13.2 Å². The molecule has 0 aromatic heterocycles. The molecule has 0 unspecified atom stereocenters. The van der Waals surface area contributed by atoms with Crippen molar-refractivity contribution in [2.45, 2.75) is 19.4 Å². The lowest BCUT2D eigenvalue weighted by molar-refractivity contribution is -0.107. The van der Waals surface area contributed by atoms with Crippen molar-refractivity contribution in [1.29, 1.82) is 0 Å². The predicted octanol–water partition coefficient (Wildman–Crippen LogP) is -1.07. The second kappa shape index (κ2) is 11.4. The molecule has 0 spiro atoms. The maximum Gasteiger partial charge on any atom is 0.119 e. The topological polar surface area (TPSA) is 77.8 Å². The summed E-state index contributed by atoms with van der Waals surface area (Å²) in [6, 6.07) is 0. The zero-order valence-corrected chi connectivity index (χ0v) is 6.03. The third kappa shape index (κ3) is 15.6. The van der Waals surface area contributed by atoms with Gasteiger partial charge in [0, 0.05) is 6.42 Å². The summed E-state index contributed by atoms with van der Waals surface area (Å²) in [5, 5.41) is 24.0. The van der Waals surface area contributed by atoms with Crippen LogP contribution < -0.4 is 0 Å². The Morgan fingerprint density at radius 3 is 1.70 bits per heavy atom. The summed E-state index contributed by atoms with van der Waals surface area (Å²) in [4.78, 5) is 9.17. The van der Waals surface area contributed by atoms with E-state index in [9.17, 15) is 4.79 Å². The number of aldehydes is 1. The minimum atomic E-state index is -0.954. The molecule has 0 aliphatic rings. The molecule has 0 aromatic carbocycles. The summed E-state index contributed by atoms with van der Waals surface area (Å²) in [6.07, 6.45) is 0.560. The van der Waals surface area contributed by atoms with Gasteiger partial charge in [0.15, 0.2) is 0 Å². The first-order valence-electron chi connectivity index (χ1n) is 3.06. The van der Waals surface area contributed by atoms with Gasteiger partial charge in [-0.15, -0.1) is 0 Å². The lowest BCUT2D eigenvalue weighted by Crippen LogP contribution is -2.15. The van der Waals surface area contributed by atoms with Crippen molar-refractivity contribution >= 4 is 6.29 Å². The predicted molar refractivity (Wildman–Crippen MR) is 36.5 cm³/mol. The molecule has 0 atom stereocenters. The molecular formula is C6H14O4. The Morgan fingerprint density at radius 1 is 1.40 bits per heavy atom. The van der Waals surface area contributed by atoms with Crippen LogP contribution in [-0.4, -0.2) is 40.9 Å². The number of hydrogen-bond donors (Lipinski definition) is 3. The Bertz CT molecular complexity index is 60.8. The molecule has 0 amide bonds. The molecular weight excluding hydrogens is 136 g/mol. The van der Waals surface area contributed by atoms with Crippen LogP contribution in [-0.2, 0) is 4.79 Å². The standard InChI is InChI=1S/C3H8O3.C3H6O/c4-1-3(6)2-5;1-2-3-4/h3-6H,1-2H2;3H,2H2,1H3. The molecule has 4 heteroatoms. The fourth-order valence-corrected chi connectivity index (χ4v) is 0.0577. The number of carbonyl (C=O) groups excluding carboxylic acids is 1. The van der Waals surface area contributed by atoms with Crippen molar-refractivity contribution in [3.8, 4) is 0 Å². The van der Waals surface area contributed by atoms with E-state index in [1.807, 2.05) is 6.92 Å². The van der Waals surface area contributed by atoms with Gasteiger partial charge in [-0.2, -0.15) is 0 Å². The number of hydrogen-bond acceptors (Lipinski definition) is 4. The molecule has 10 heavy (non-hydrogen) atoms. The molecule has 0 aliphatic heterocycles. The zero-order chi connectivity index (χ0) is 8.41. The second-order valence-corrected chi connectivity index (χ2v) is 1.59. The Kier molecular flexibility index (Phi) is 13.9. The van der Waals surface area contributed by atoms with Crippen LogP contribution in [0.3, 0.4) is 0 Å². The highest BCUT2D eigenvalue weighted by Gasteiger charge is 1.93. The average molecular weight is 150 g/mol. The van der Waals surface area contributed by atoms with Gasteiger partial charge in [-0.25, -0.2) is 0 Å². The molecule has 0 heterocycles. The van der Waals surface area contributed by atoms with E-state index in [2.05, 4.69) is 0 Å². The number of aliphatic hydroxyl groups is 3. The molecule has 0 saturated heterocycles. The quantitative estimate of drug-likeness (QED) is 0.447. The van der Waals surface area contributed by atoms with Crippen molar-refractivity contribution in [2.75, 3.05) is 13.2 Å². The highest BCUT2D eigenvalue weighted by atomic mass is 16.3. The Balaban J connectivity index is 0. The molecule has 0 rings (SSSR count).